The van der Waals surface area contributed by atoms with Crippen molar-refractivity contribution < 1.29 is 19.7 Å². The number of aromatic nitrogens is 2. The zero-order valence-corrected chi connectivity index (χ0v) is 14.9. The van der Waals surface area contributed by atoms with Crippen molar-refractivity contribution in [2.75, 3.05) is 50.9 Å². The highest BCUT2D eigenvalue weighted by Crippen LogP contribution is 2.26. The van der Waals surface area contributed by atoms with Crippen LogP contribution in [0.1, 0.15) is 16.8 Å². The first-order chi connectivity index (χ1) is 12.5. The Hall–Kier alpha value is -2.16. The molecule has 8 heteroatoms. The van der Waals surface area contributed by atoms with Gasteiger partial charge in [-0.25, -0.2) is 4.98 Å². The zero-order valence-electron chi connectivity index (χ0n) is 14.9. The Morgan fingerprint density at radius 2 is 2.08 bits per heavy atom. The van der Waals surface area contributed by atoms with Crippen molar-refractivity contribution in [3.8, 4) is 0 Å². The van der Waals surface area contributed by atoms with Gasteiger partial charge < -0.3 is 29.3 Å². The second kappa shape index (κ2) is 6.53. The molecule has 2 aliphatic rings. The van der Waals surface area contributed by atoms with E-state index in [0.717, 1.165) is 30.1 Å². The molecule has 1 atom stereocenters. The summed E-state index contributed by atoms with van der Waals surface area (Å²) in [5.41, 5.74) is 1.10. The minimum Gasteiger partial charge on any atom is -0.393 e. The van der Waals surface area contributed by atoms with Gasteiger partial charge in [0.25, 0.3) is 5.91 Å². The Bertz CT molecular complexity index is 830. The number of aliphatic hydroxyl groups excluding tert-OH is 1. The van der Waals surface area contributed by atoms with Crippen molar-refractivity contribution in [2.45, 2.75) is 12.0 Å². The smallest absolute Gasteiger partial charge is 0.254 e. The third kappa shape index (κ3) is 2.94. The van der Waals surface area contributed by atoms with Gasteiger partial charge in [0.2, 0.25) is 5.95 Å². The van der Waals surface area contributed by atoms with Crippen LogP contribution in [0.15, 0.2) is 18.2 Å². The molecule has 2 fully saturated rings. The van der Waals surface area contributed by atoms with Crippen molar-refractivity contribution >= 4 is 22.9 Å². The van der Waals surface area contributed by atoms with E-state index in [4.69, 9.17) is 9.72 Å². The molecule has 2 aromatic rings. The number of aryl methyl sites for hydroxylation is 1. The van der Waals surface area contributed by atoms with E-state index in [-0.39, 0.29) is 19.1 Å². The highest BCUT2D eigenvalue weighted by Gasteiger charge is 2.38. The first-order valence-electron chi connectivity index (χ1n) is 8.92. The van der Waals surface area contributed by atoms with E-state index in [0.29, 0.717) is 31.7 Å². The molecular formula is C18H24N4O4. The minimum absolute atomic E-state index is 0.144. The number of aliphatic hydroxyl groups is 2. The van der Waals surface area contributed by atoms with E-state index in [1.54, 1.807) is 17.0 Å². The van der Waals surface area contributed by atoms with Gasteiger partial charge in [-0.1, -0.05) is 0 Å². The SMILES string of the molecule is Cn1c(N2CCOCC2)nc2cc(C(=O)N3CC[C@@](O)(CO)C3)ccc21. The molecule has 1 aromatic heterocycles. The number of fused-ring (bicyclic) bond motifs is 1. The normalized spacial score (nSPS) is 23.8. The van der Waals surface area contributed by atoms with Crippen LogP contribution >= 0.6 is 0 Å². The summed E-state index contributed by atoms with van der Waals surface area (Å²) in [5, 5.41) is 19.4. The number of benzene rings is 1. The van der Waals surface area contributed by atoms with Gasteiger partial charge in [0.05, 0.1) is 37.4 Å². The van der Waals surface area contributed by atoms with Crippen LogP contribution in [0.4, 0.5) is 5.95 Å². The molecule has 3 heterocycles. The summed E-state index contributed by atoms with van der Waals surface area (Å²) in [6.45, 7) is 3.24. The molecule has 2 saturated heterocycles. The number of nitrogens with zero attached hydrogens (tertiary/aromatic N) is 4. The fourth-order valence-electron chi connectivity index (χ4n) is 3.71. The maximum absolute atomic E-state index is 12.8. The van der Waals surface area contributed by atoms with Gasteiger partial charge in [-0.2, -0.15) is 0 Å². The quantitative estimate of drug-likeness (QED) is 0.799. The van der Waals surface area contributed by atoms with Crippen LogP contribution in [0.3, 0.4) is 0 Å². The lowest BCUT2D eigenvalue weighted by atomic mass is 10.1. The number of morpholine rings is 1. The predicted molar refractivity (Wildman–Crippen MR) is 96.3 cm³/mol. The van der Waals surface area contributed by atoms with Crippen LogP contribution in [0.25, 0.3) is 11.0 Å². The lowest BCUT2D eigenvalue weighted by Gasteiger charge is -2.27. The second-order valence-electron chi connectivity index (χ2n) is 7.13. The number of hydrogen-bond donors (Lipinski definition) is 2. The monoisotopic (exact) mass is 360 g/mol. The summed E-state index contributed by atoms with van der Waals surface area (Å²) in [5.74, 6) is 0.735. The number of likely N-dealkylation sites (tertiary alicyclic amines) is 1. The van der Waals surface area contributed by atoms with E-state index in [1.165, 1.54) is 0 Å². The topological polar surface area (TPSA) is 91.1 Å². The number of ether oxygens (including phenoxy) is 1. The van der Waals surface area contributed by atoms with Crippen molar-refractivity contribution in [1.29, 1.82) is 0 Å². The molecule has 8 nitrogen and oxygen atoms in total. The van der Waals surface area contributed by atoms with Crippen LogP contribution in [0.5, 0.6) is 0 Å². The summed E-state index contributed by atoms with van der Waals surface area (Å²) in [6, 6.07) is 5.51. The molecule has 0 bridgehead atoms. The molecule has 2 N–H and O–H groups in total. The molecule has 0 saturated carbocycles. The molecule has 1 aromatic carbocycles. The summed E-state index contributed by atoms with van der Waals surface area (Å²) in [4.78, 5) is 21.3. The van der Waals surface area contributed by atoms with Crippen molar-refractivity contribution in [3.05, 3.63) is 23.8 Å². The molecule has 0 spiro atoms. The third-order valence-corrected chi connectivity index (χ3v) is 5.31. The van der Waals surface area contributed by atoms with E-state index < -0.39 is 5.60 Å². The van der Waals surface area contributed by atoms with Crippen molar-refractivity contribution in [3.63, 3.8) is 0 Å². The molecule has 0 aliphatic carbocycles. The zero-order chi connectivity index (χ0) is 18.3. The maximum atomic E-state index is 12.8. The van der Waals surface area contributed by atoms with Crippen LogP contribution in [-0.4, -0.2) is 82.2 Å². The Balaban J connectivity index is 1.60. The van der Waals surface area contributed by atoms with Crippen molar-refractivity contribution in [1.82, 2.24) is 14.5 Å². The van der Waals surface area contributed by atoms with Crippen LogP contribution < -0.4 is 4.90 Å². The van der Waals surface area contributed by atoms with Gasteiger partial charge >= 0.3 is 0 Å². The molecule has 0 unspecified atom stereocenters. The summed E-state index contributed by atoms with van der Waals surface area (Å²) < 4.78 is 7.44. The number of carbonyl (C=O) groups excluding carboxylic acids is 1. The number of imidazole rings is 1. The van der Waals surface area contributed by atoms with Gasteiger partial charge in [-0.3, -0.25) is 4.79 Å². The van der Waals surface area contributed by atoms with Gasteiger partial charge in [0.15, 0.2) is 0 Å². The Morgan fingerprint density at radius 1 is 1.31 bits per heavy atom. The number of hydrogen-bond acceptors (Lipinski definition) is 6. The Kier molecular flexibility index (Phi) is 4.34. The van der Waals surface area contributed by atoms with Gasteiger partial charge in [0, 0.05) is 32.2 Å². The number of carbonyl (C=O) groups is 1. The average Bonchev–Trinajstić information content (AvgIpc) is 3.23. The highest BCUT2D eigenvalue weighted by molar-refractivity contribution is 5.98. The molecule has 1 amide bonds. The molecular weight excluding hydrogens is 336 g/mol. The fourth-order valence-corrected chi connectivity index (χ4v) is 3.71. The second-order valence-corrected chi connectivity index (χ2v) is 7.13. The average molecular weight is 360 g/mol. The number of β-amino-alcohol motifs (C(OH)–C–C–N with tert-alkyl or cyclic N) is 1. The standard InChI is InChI=1S/C18H24N4O4/c1-20-15-3-2-13(16(24)22-5-4-18(25,11-22)12-23)10-14(15)19-17(20)21-6-8-26-9-7-21/h2-3,10,23,25H,4-9,11-12H2,1H3/t18-/m0/s1. The predicted octanol–water partition coefficient (Wildman–Crippen LogP) is -0.0208. The number of rotatable bonds is 3. The highest BCUT2D eigenvalue weighted by atomic mass is 16.5. The Morgan fingerprint density at radius 3 is 2.77 bits per heavy atom. The molecule has 0 radical (unpaired) electrons. The summed E-state index contributed by atoms with van der Waals surface area (Å²) in [6.07, 6.45) is 0.391. The van der Waals surface area contributed by atoms with Gasteiger partial charge in [0.1, 0.15) is 5.60 Å². The third-order valence-electron chi connectivity index (χ3n) is 5.31. The van der Waals surface area contributed by atoms with E-state index in [1.807, 2.05) is 17.7 Å². The van der Waals surface area contributed by atoms with Crippen LogP contribution in [0.2, 0.25) is 0 Å². The lowest BCUT2D eigenvalue weighted by molar-refractivity contribution is -0.00455. The minimum atomic E-state index is -1.19. The van der Waals surface area contributed by atoms with Crippen LogP contribution in [0, 0.1) is 0 Å². The number of anilines is 1. The molecule has 26 heavy (non-hydrogen) atoms. The first-order valence-corrected chi connectivity index (χ1v) is 8.92. The van der Waals surface area contributed by atoms with E-state index in [9.17, 15) is 15.0 Å². The molecule has 2 aliphatic heterocycles. The first kappa shape index (κ1) is 17.3. The Labute approximate surface area is 151 Å². The van der Waals surface area contributed by atoms with Crippen LogP contribution in [-0.2, 0) is 11.8 Å². The van der Waals surface area contributed by atoms with Crippen molar-refractivity contribution in [2.24, 2.45) is 7.05 Å². The molecule has 4 rings (SSSR count). The van der Waals surface area contributed by atoms with Gasteiger partial charge in [-0.05, 0) is 24.6 Å². The summed E-state index contributed by atoms with van der Waals surface area (Å²) >= 11 is 0. The lowest BCUT2D eigenvalue weighted by Crippen LogP contribution is -2.38. The fraction of sp³-hybridized carbons (Fsp3) is 0.556. The largest absolute Gasteiger partial charge is 0.393 e. The van der Waals surface area contributed by atoms with Gasteiger partial charge in [-0.15, -0.1) is 0 Å². The maximum Gasteiger partial charge on any atom is 0.254 e. The van der Waals surface area contributed by atoms with E-state index >= 15 is 0 Å². The van der Waals surface area contributed by atoms with E-state index in [2.05, 4.69) is 4.90 Å². The number of amides is 1. The molecule has 140 valence electrons. The summed E-state index contributed by atoms with van der Waals surface area (Å²) in [7, 11) is 1.98.